The Balaban J connectivity index is 1.50. The first-order valence-corrected chi connectivity index (χ1v) is 12.5. The predicted molar refractivity (Wildman–Crippen MR) is 148 cm³/mol. The third kappa shape index (κ3) is 5.38. The fourth-order valence-corrected chi connectivity index (χ4v) is 4.48. The summed E-state index contributed by atoms with van der Waals surface area (Å²) < 4.78 is 21.4. The van der Waals surface area contributed by atoms with Crippen LogP contribution in [0.4, 0.5) is 16.0 Å². The summed E-state index contributed by atoms with van der Waals surface area (Å²) in [5, 5.41) is 5.74. The number of fused-ring (bicyclic) bond motifs is 1. The molecule has 8 nitrogen and oxygen atoms in total. The molecule has 0 bridgehead atoms. The van der Waals surface area contributed by atoms with Gasteiger partial charge in [-0.3, -0.25) is 14.2 Å². The number of nitrogens with zero attached hydrogens (tertiary/aromatic N) is 3. The monoisotopic (exact) mass is 525 g/mol. The second-order valence-corrected chi connectivity index (χ2v) is 9.02. The first-order chi connectivity index (χ1) is 19.0. The average Bonchev–Trinajstić information content (AvgIpc) is 3.40. The van der Waals surface area contributed by atoms with E-state index in [0.29, 0.717) is 35.9 Å². The second kappa shape index (κ2) is 11.2. The zero-order chi connectivity index (χ0) is 27.4. The molecule has 0 radical (unpaired) electrons. The Labute approximate surface area is 225 Å². The van der Waals surface area contributed by atoms with Gasteiger partial charge in [0.05, 0.1) is 0 Å². The molecule has 39 heavy (non-hydrogen) atoms. The summed E-state index contributed by atoms with van der Waals surface area (Å²) in [6.45, 7) is 5.02. The van der Waals surface area contributed by atoms with E-state index in [-0.39, 0.29) is 24.6 Å². The molecule has 0 saturated carbocycles. The molecule has 2 heterocycles. The van der Waals surface area contributed by atoms with Crippen LogP contribution in [0.5, 0.6) is 5.75 Å². The number of hydrogen-bond acceptors (Lipinski definition) is 6. The van der Waals surface area contributed by atoms with Gasteiger partial charge in [0.15, 0.2) is 5.69 Å². The molecule has 0 saturated heterocycles. The van der Waals surface area contributed by atoms with E-state index in [2.05, 4.69) is 22.2 Å². The molecule has 0 atom stereocenters. The minimum atomic E-state index is -0.580. The lowest BCUT2D eigenvalue weighted by Gasteiger charge is -2.19. The zero-order valence-electron chi connectivity index (χ0n) is 21.5. The van der Waals surface area contributed by atoms with Crippen LogP contribution in [0.15, 0.2) is 90.2 Å². The maximum atomic E-state index is 13.9. The normalized spacial score (nSPS) is 12.1. The van der Waals surface area contributed by atoms with E-state index in [9.17, 15) is 14.0 Å². The topological polar surface area (TPSA) is 88.5 Å². The molecule has 1 aromatic heterocycles. The molecule has 0 fully saturated rings. The Kier molecular flexibility index (Phi) is 7.40. The van der Waals surface area contributed by atoms with Crippen LogP contribution in [0.25, 0.3) is 5.70 Å². The molecule has 1 aliphatic rings. The van der Waals surface area contributed by atoms with Crippen LogP contribution in [0.1, 0.15) is 27.2 Å². The average molecular weight is 526 g/mol. The fraction of sp³-hybridized carbons (Fsp3) is 0.167. The minimum Gasteiger partial charge on any atom is -0.481 e. The number of amides is 1. The highest BCUT2D eigenvalue weighted by Gasteiger charge is 2.30. The van der Waals surface area contributed by atoms with Gasteiger partial charge < -0.3 is 20.3 Å². The van der Waals surface area contributed by atoms with Crippen molar-refractivity contribution in [1.29, 1.82) is 0 Å². The van der Waals surface area contributed by atoms with Gasteiger partial charge in [-0.2, -0.15) is 0 Å². The number of carbonyl (C=O) groups excluding carboxylic acids is 1. The lowest BCUT2D eigenvalue weighted by Crippen LogP contribution is -2.31. The molecular formula is C30H28FN5O3. The number of carbonyl (C=O) groups is 1. The lowest BCUT2D eigenvalue weighted by molar-refractivity contribution is 0.0940. The summed E-state index contributed by atoms with van der Waals surface area (Å²) in [6.07, 6.45) is 0. The van der Waals surface area contributed by atoms with Crippen molar-refractivity contribution in [3.63, 3.8) is 0 Å². The fourth-order valence-electron chi connectivity index (χ4n) is 4.48. The van der Waals surface area contributed by atoms with Crippen molar-refractivity contribution in [1.82, 2.24) is 20.2 Å². The van der Waals surface area contributed by atoms with E-state index in [1.165, 1.54) is 16.7 Å². The number of para-hydroxylation sites is 1. The Morgan fingerprint density at radius 2 is 1.77 bits per heavy atom. The summed E-state index contributed by atoms with van der Waals surface area (Å²) >= 11 is 0. The SMILES string of the molecule is C=C(NC)c1cc(F)ccc1CNC(=O)c1nc2n(c(=O)c1OCc1ccccc1)CCN2c1ccccc1. The van der Waals surface area contributed by atoms with E-state index in [1.54, 1.807) is 13.1 Å². The number of hydrogen-bond donors (Lipinski definition) is 2. The summed E-state index contributed by atoms with van der Waals surface area (Å²) in [4.78, 5) is 33.7. The van der Waals surface area contributed by atoms with Crippen molar-refractivity contribution in [3.05, 3.63) is 124 Å². The van der Waals surface area contributed by atoms with Crippen LogP contribution in [0.3, 0.4) is 0 Å². The van der Waals surface area contributed by atoms with Crippen molar-refractivity contribution in [2.45, 2.75) is 19.7 Å². The molecule has 2 N–H and O–H groups in total. The third-order valence-corrected chi connectivity index (χ3v) is 6.54. The standard InChI is InChI=1S/C30H28FN5O3/c1-20(32-2)25-17-23(31)14-13-22(25)18-33-28(37)26-27(39-19-21-9-5-3-6-10-21)29(38)36-16-15-35(30(36)34-26)24-11-7-4-8-12-24/h3-14,17,32H,1,15-16,18-19H2,2H3,(H,33,37). The molecule has 198 valence electrons. The Bertz CT molecular complexity index is 1570. The maximum Gasteiger partial charge on any atom is 0.298 e. The van der Waals surface area contributed by atoms with Crippen LogP contribution in [-0.4, -0.2) is 29.1 Å². The van der Waals surface area contributed by atoms with Gasteiger partial charge in [-0.1, -0.05) is 61.2 Å². The van der Waals surface area contributed by atoms with Crippen molar-refractivity contribution in [2.75, 3.05) is 18.5 Å². The van der Waals surface area contributed by atoms with Crippen molar-refractivity contribution >= 4 is 23.2 Å². The Morgan fingerprint density at radius 3 is 2.49 bits per heavy atom. The van der Waals surface area contributed by atoms with E-state index >= 15 is 0 Å². The van der Waals surface area contributed by atoms with Gasteiger partial charge >= 0.3 is 0 Å². The molecule has 0 aliphatic carbocycles. The highest BCUT2D eigenvalue weighted by Crippen LogP contribution is 2.29. The number of halogens is 1. The number of benzene rings is 3. The van der Waals surface area contributed by atoms with Gasteiger partial charge in [0, 0.05) is 43.6 Å². The smallest absolute Gasteiger partial charge is 0.298 e. The van der Waals surface area contributed by atoms with Gasteiger partial charge in [0.25, 0.3) is 11.5 Å². The lowest BCUT2D eigenvalue weighted by atomic mass is 10.0. The summed E-state index contributed by atoms with van der Waals surface area (Å²) in [7, 11) is 1.69. The molecule has 0 unspecified atom stereocenters. The third-order valence-electron chi connectivity index (χ3n) is 6.54. The van der Waals surface area contributed by atoms with E-state index in [0.717, 1.165) is 11.3 Å². The molecule has 5 rings (SSSR count). The predicted octanol–water partition coefficient (Wildman–Crippen LogP) is 4.23. The maximum absolute atomic E-state index is 13.9. The van der Waals surface area contributed by atoms with E-state index in [1.807, 2.05) is 65.6 Å². The van der Waals surface area contributed by atoms with E-state index < -0.39 is 17.3 Å². The van der Waals surface area contributed by atoms with Crippen LogP contribution in [-0.2, 0) is 19.7 Å². The van der Waals surface area contributed by atoms with Gasteiger partial charge in [0.2, 0.25) is 11.7 Å². The number of anilines is 2. The number of nitrogens with one attached hydrogen (secondary N) is 2. The van der Waals surface area contributed by atoms with E-state index in [4.69, 9.17) is 4.74 Å². The van der Waals surface area contributed by atoms with Crippen LogP contribution in [0, 0.1) is 5.82 Å². The number of rotatable bonds is 9. The number of aromatic nitrogens is 2. The largest absolute Gasteiger partial charge is 0.481 e. The first-order valence-electron chi connectivity index (χ1n) is 12.5. The summed E-state index contributed by atoms with van der Waals surface area (Å²) in [5.41, 5.74) is 2.88. The van der Waals surface area contributed by atoms with Gasteiger partial charge in [-0.25, -0.2) is 9.37 Å². The molecule has 0 spiro atoms. The first kappa shape index (κ1) is 25.7. The summed E-state index contributed by atoms with van der Waals surface area (Å²) in [5.74, 6) is -0.741. The van der Waals surface area contributed by atoms with Gasteiger partial charge in [-0.15, -0.1) is 0 Å². The minimum absolute atomic E-state index is 0.0652. The van der Waals surface area contributed by atoms with Crippen LogP contribution in [0.2, 0.25) is 0 Å². The van der Waals surface area contributed by atoms with Crippen molar-refractivity contribution in [2.24, 2.45) is 0 Å². The van der Waals surface area contributed by atoms with Gasteiger partial charge in [-0.05, 0) is 35.4 Å². The zero-order valence-corrected chi connectivity index (χ0v) is 21.5. The quantitative estimate of drug-likeness (QED) is 0.340. The summed E-state index contributed by atoms with van der Waals surface area (Å²) in [6, 6.07) is 23.2. The molecule has 1 aliphatic heterocycles. The van der Waals surface area contributed by atoms with Crippen molar-refractivity contribution < 1.29 is 13.9 Å². The van der Waals surface area contributed by atoms with Gasteiger partial charge in [0.1, 0.15) is 12.4 Å². The van der Waals surface area contributed by atoms with Crippen molar-refractivity contribution in [3.8, 4) is 5.75 Å². The van der Waals surface area contributed by atoms with Crippen LogP contribution < -0.4 is 25.8 Å². The highest BCUT2D eigenvalue weighted by atomic mass is 19.1. The Hall–Kier alpha value is -4.92. The molecule has 1 amide bonds. The number of ether oxygens (including phenoxy) is 1. The Morgan fingerprint density at radius 1 is 1.05 bits per heavy atom. The highest BCUT2D eigenvalue weighted by molar-refractivity contribution is 5.95. The molecule has 3 aromatic carbocycles. The molecule has 4 aromatic rings. The molecule has 9 heteroatoms. The molecular weight excluding hydrogens is 497 g/mol. The second-order valence-electron chi connectivity index (χ2n) is 9.02. The van der Waals surface area contributed by atoms with Crippen LogP contribution >= 0.6 is 0 Å².